The van der Waals surface area contributed by atoms with Gasteiger partial charge in [-0.1, -0.05) is 6.92 Å². The van der Waals surface area contributed by atoms with E-state index in [1.165, 1.54) is 5.69 Å². The van der Waals surface area contributed by atoms with Crippen LogP contribution in [0.5, 0.6) is 0 Å². The fraction of sp³-hybridized carbons (Fsp3) is 0.357. The number of rotatable bonds is 3. The summed E-state index contributed by atoms with van der Waals surface area (Å²) >= 11 is 0. The molecule has 0 fully saturated rings. The molecule has 0 saturated carbocycles. The molecule has 0 aliphatic heterocycles. The lowest BCUT2D eigenvalue weighted by Crippen LogP contribution is -2.01. The molecule has 0 saturated heterocycles. The Kier molecular flexibility index (Phi) is 2.92. The molecule has 0 atom stereocenters. The van der Waals surface area contributed by atoms with E-state index in [1.807, 2.05) is 6.92 Å². The van der Waals surface area contributed by atoms with E-state index in [1.54, 1.807) is 12.1 Å². The maximum atomic E-state index is 11.0. The molecule has 0 aliphatic carbocycles. The Balaban J connectivity index is 2.72. The Morgan fingerprint density at radius 3 is 2.59 bits per heavy atom. The second-order valence-electron chi connectivity index (χ2n) is 4.47. The van der Waals surface area contributed by atoms with Crippen molar-refractivity contribution in [1.82, 2.24) is 4.57 Å². The van der Waals surface area contributed by atoms with Gasteiger partial charge in [0.05, 0.1) is 11.1 Å². The van der Waals surface area contributed by atoms with E-state index in [9.17, 15) is 4.79 Å². The van der Waals surface area contributed by atoms with Crippen LogP contribution in [-0.4, -0.2) is 15.6 Å². The predicted octanol–water partition coefficient (Wildman–Crippen LogP) is 3.37. The standard InChI is InChI=1S/C14H17NO2/c1-4-5-15-10(3)7-11-8-12(14(16)17)6-9(2)13(11)15/h6-8H,4-5H2,1-3H3,(H,16,17). The van der Waals surface area contributed by atoms with Crippen LogP contribution in [0, 0.1) is 13.8 Å². The number of carboxylic acids is 1. The molecule has 0 unspecified atom stereocenters. The largest absolute Gasteiger partial charge is 0.478 e. The molecular formula is C14H17NO2. The van der Waals surface area contributed by atoms with Crippen LogP contribution in [0.15, 0.2) is 18.2 Å². The minimum Gasteiger partial charge on any atom is -0.478 e. The molecule has 0 aliphatic rings. The molecule has 17 heavy (non-hydrogen) atoms. The Labute approximate surface area is 101 Å². The molecule has 2 rings (SSSR count). The quantitative estimate of drug-likeness (QED) is 0.880. The van der Waals surface area contributed by atoms with Crippen LogP contribution in [0.1, 0.15) is 35.0 Å². The van der Waals surface area contributed by atoms with Crippen LogP contribution in [-0.2, 0) is 6.54 Å². The Morgan fingerprint density at radius 1 is 1.29 bits per heavy atom. The van der Waals surface area contributed by atoms with Crippen LogP contribution in [0.4, 0.5) is 0 Å². The zero-order chi connectivity index (χ0) is 12.6. The molecule has 0 amide bonds. The van der Waals surface area contributed by atoms with Crippen molar-refractivity contribution in [3.8, 4) is 0 Å². The van der Waals surface area contributed by atoms with Gasteiger partial charge in [0.25, 0.3) is 0 Å². The number of hydrogen-bond donors (Lipinski definition) is 1. The van der Waals surface area contributed by atoms with E-state index in [2.05, 4.69) is 24.5 Å². The predicted molar refractivity (Wildman–Crippen MR) is 68.7 cm³/mol. The molecule has 1 heterocycles. The molecular weight excluding hydrogens is 214 g/mol. The fourth-order valence-corrected chi connectivity index (χ4v) is 2.40. The third-order valence-electron chi connectivity index (χ3n) is 3.08. The van der Waals surface area contributed by atoms with Crippen molar-refractivity contribution in [2.24, 2.45) is 0 Å². The highest BCUT2D eigenvalue weighted by atomic mass is 16.4. The summed E-state index contributed by atoms with van der Waals surface area (Å²) in [7, 11) is 0. The summed E-state index contributed by atoms with van der Waals surface area (Å²) in [6.45, 7) is 7.16. The zero-order valence-corrected chi connectivity index (χ0v) is 10.4. The van der Waals surface area contributed by atoms with E-state index in [4.69, 9.17) is 5.11 Å². The van der Waals surface area contributed by atoms with E-state index in [0.29, 0.717) is 5.56 Å². The first-order valence-electron chi connectivity index (χ1n) is 5.88. The van der Waals surface area contributed by atoms with Crippen molar-refractivity contribution in [3.05, 3.63) is 35.0 Å². The van der Waals surface area contributed by atoms with Crippen molar-refractivity contribution in [2.45, 2.75) is 33.7 Å². The van der Waals surface area contributed by atoms with Gasteiger partial charge in [0, 0.05) is 17.6 Å². The lowest BCUT2D eigenvalue weighted by molar-refractivity contribution is 0.0697. The highest BCUT2D eigenvalue weighted by Gasteiger charge is 2.11. The number of carboxylic acid groups (broad SMARTS) is 1. The molecule has 1 aromatic carbocycles. The zero-order valence-electron chi connectivity index (χ0n) is 10.4. The molecule has 1 aromatic heterocycles. The average Bonchev–Trinajstić information content (AvgIpc) is 2.56. The second kappa shape index (κ2) is 4.24. The molecule has 0 spiro atoms. The Morgan fingerprint density at radius 2 is 2.00 bits per heavy atom. The van der Waals surface area contributed by atoms with Crippen LogP contribution in [0.3, 0.4) is 0 Å². The van der Waals surface area contributed by atoms with Gasteiger partial charge < -0.3 is 9.67 Å². The van der Waals surface area contributed by atoms with Gasteiger partial charge in [-0.15, -0.1) is 0 Å². The lowest BCUT2D eigenvalue weighted by Gasteiger charge is -2.09. The molecule has 2 aromatic rings. The first-order chi connectivity index (χ1) is 8.04. The van der Waals surface area contributed by atoms with E-state index in [0.717, 1.165) is 29.4 Å². The fourth-order valence-electron chi connectivity index (χ4n) is 2.40. The van der Waals surface area contributed by atoms with Gasteiger partial charge in [0.1, 0.15) is 0 Å². The molecule has 3 nitrogen and oxygen atoms in total. The van der Waals surface area contributed by atoms with E-state index in [-0.39, 0.29) is 0 Å². The van der Waals surface area contributed by atoms with Crippen molar-refractivity contribution in [2.75, 3.05) is 0 Å². The number of nitrogens with zero attached hydrogens (tertiary/aromatic N) is 1. The van der Waals surface area contributed by atoms with Gasteiger partial charge in [0.15, 0.2) is 0 Å². The van der Waals surface area contributed by atoms with Gasteiger partial charge in [-0.25, -0.2) is 4.79 Å². The number of aromatic nitrogens is 1. The third-order valence-corrected chi connectivity index (χ3v) is 3.08. The number of aromatic carboxylic acids is 1. The van der Waals surface area contributed by atoms with Crippen LogP contribution >= 0.6 is 0 Å². The third kappa shape index (κ3) is 1.93. The summed E-state index contributed by atoms with van der Waals surface area (Å²) in [5.74, 6) is -0.865. The van der Waals surface area contributed by atoms with Gasteiger partial charge in [-0.2, -0.15) is 0 Å². The average molecular weight is 231 g/mol. The number of fused-ring (bicyclic) bond motifs is 1. The Hall–Kier alpha value is -1.77. The van der Waals surface area contributed by atoms with Gasteiger partial charge >= 0.3 is 5.97 Å². The first-order valence-corrected chi connectivity index (χ1v) is 5.88. The normalized spacial score (nSPS) is 11.0. The summed E-state index contributed by atoms with van der Waals surface area (Å²) in [4.78, 5) is 11.0. The van der Waals surface area contributed by atoms with Crippen molar-refractivity contribution in [1.29, 1.82) is 0 Å². The van der Waals surface area contributed by atoms with Crippen molar-refractivity contribution in [3.63, 3.8) is 0 Å². The summed E-state index contributed by atoms with van der Waals surface area (Å²) in [5.41, 5.74) is 3.74. The number of hydrogen-bond acceptors (Lipinski definition) is 1. The minimum absolute atomic E-state index is 0.364. The molecule has 3 heteroatoms. The molecule has 90 valence electrons. The monoisotopic (exact) mass is 231 g/mol. The smallest absolute Gasteiger partial charge is 0.335 e. The summed E-state index contributed by atoms with van der Waals surface area (Å²) < 4.78 is 2.26. The minimum atomic E-state index is -0.865. The maximum absolute atomic E-state index is 11.0. The first kappa shape index (κ1) is 11.7. The Bertz CT molecular complexity index is 581. The van der Waals surface area contributed by atoms with Crippen LogP contribution in [0.2, 0.25) is 0 Å². The van der Waals surface area contributed by atoms with E-state index >= 15 is 0 Å². The molecule has 0 bridgehead atoms. The highest BCUT2D eigenvalue weighted by Crippen LogP contribution is 2.25. The van der Waals surface area contributed by atoms with Crippen molar-refractivity contribution < 1.29 is 9.90 Å². The van der Waals surface area contributed by atoms with Gasteiger partial charge in [-0.05, 0) is 44.0 Å². The maximum Gasteiger partial charge on any atom is 0.335 e. The van der Waals surface area contributed by atoms with E-state index < -0.39 is 5.97 Å². The SMILES string of the molecule is CCCn1c(C)cc2cc(C(=O)O)cc(C)c21. The number of aryl methyl sites for hydroxylation is 3. The van der Waals surface area contributed by atoms with Crippen LogP contribution < -0.4 is 0 Å². The molecule has 0 radical (unpaired) electrons. The second-order valence-corrected chi connectivity index (χ2v) is 4.47. The topological polar surface area (TPSA) is 42.2 Å². The summed E-state index contributed by atoms with van der Waals surface area (Å²) in [6, 6.07) is 5.56. The van der Waals surface area contributed by atoms with Crippen LogP contribution in [0.25, 0.3) is 10.9 Å². The number of benzene rings is 1. The summed E-state index contributed by atoms with van der Waals surface area (Å²) in [5, 5.41) is 10.1. The summed E-state index contributed by atoms with van der Waals surface area (Å²) in [6.07, 6.45) is 1.07. The highest BCUT2D eigenvalue weighted by molar-refractivity contribution is 5.95. The van der Waals surface area contributed by atoms with Gasteiger partial charge in [0.2, 0.25) is 0 Å². The van der Waals surface area contributed by atoms with Gasteiger partial charge in [-0.3, -0.25) is 0 Å². The molecule has 1 N–H and O–H groups in total. The number of carbonyl (C=O) groups is 1. The van der Waals surface area contributed by atoms with Crippen molar-refractivity contribution >= 4 is 16.9 Å². The lowest BCUT2D eigenvalue weighted by atomic mass is 10.1.